The second kappa shape index (κ2) is 6.55. The van der Waals surface area contributed by atoms with Gasteiger partial charge in [0.2, 0.25) is 11.6 Å². The van der Waals surface area contributed by atoms with Gasteiger partial charge < -0.3 is 23.9 Å². The lowest BCUT2D eigenvalue weighted by molar-refractivity contribution is -0.0498. The van der Waals surface area contributed by atoms with E-state index in [4.69, 9.17) is 9.15 Å². The number of aromatic hydroxyl groups is 1. The number of rotatable bonds is 6. The van der Waals surface area contributed by atoms with Gasteiger partial charge in [-0.25, -0.2) is 0 Å². The number of anilines is 1. The van der Waals surface area contributed by atoms with Crippen molar-refractivity contribution in [2.45, 2.75) is 13.5 Å². The summed E-state index contributed by atoms with van der Waals surface area (Å²) in [6.07, 6.45) is 0. The van der Waals surface area contributed by atoms with Gasteiger partial charge in [-0.05, 0) is 24.6 Å². The molecule has 2 aromatic rings. The Morgan fingerprint density at radius 2 is 2.05 bits per heavy atom. The standard InChI is InChI=1S/C15H17F2NO4/c1-4-20-14-12(19)11(13(22-14)18(2)3)9-6-5-7-10(8-9)21-15(16)17/h5-8,15,19H,4H2,1-3H3. The average molecular weight is 313 g/mol. The fourth-order valence-electron chi connectivity index (χ4n) is 2.02. The zero-order chi connectivity index (χ0) is 16.3. The summed E-state index contributed by atoms with van der Waals surface area (Å²) in [7, 11) is 3.47. The molecule has 0 saturated heterocycles. The molecule has 0 saturated carbocycles. The molecule has 0 bridgehead atoms. The van der Waals surface area contributed by atoms with Gasteiger partial charge in [-0.3, -0.25) is 0 Å². The van der Waals surface area contributed by atoms with Gasteiger partial charge in [-0.15, -0.1) is 0 Å². The molecule has 22 heavy (non-hydrogen) atoms. The van der Waals surface area contributed by atoms with E-state index >= 15 is 0 Å². The first kappa shape index (κ1) is 15.9. The second-order valence-electron chi connectivity index (χ2n) is 4.65. The molecule has 0 radical (unpaired) electrons. The number of nitrogens with zero attached hydrogens (tertiary/aromatic N) is 1. The van der Waals surface area contributed by atoms with Crippen molar-refractivity contribution in [1.29, 1.82) is 0 Å². The Balaban J connectivity index is 2.51. The highest BCUT2D eigenvalue weighted by Gasteiger charge is 2.24. The molecule has 0 aliphatic carbocycles. The lowest BCUT2D eigenvalue weighted by Crippen LogP contribution is -2.08. The summed E-state index contributed by atoms with van der Waals surface area (Å²) in [6, 6.07) is 6.02. The van der Waals surface area contributed by atoms with Crippen LogP contribution in [0.2, 0.25) is 0 Å². The van der Waals surface area contributed by atoms with Crippen molar-refractivity contribution in [2.24, 2.45) is 0 Å². The Bertz CT molecular complexity index is 640. The Kier molecular flexibility index (Phi) is 4.75. The number of alkyl halides is 2. The summed E-state index contributed by atoms with van der Waals surface area (Å²) in [5.74, 6) is 0.159. The van der Waals surface area contributed by atoms with Crippen molar-refractivity contribution in [1.82, 2.24) is 0 Å². The predicted octanol–water partition coefficient (Wildman–Crippen LogP) is 3.72. The molecule has 5 nitrogen and oxygen atoms in total. The van der Waals surface area contributed by atoms with Crippen LogP contribution < -0.4 is 14.4 Å². The summed E-state index contributed by atoms with van der Waals surface area (Å²) >= 11 is 0. The molecule has 0 unspecified atom stereocenters. The van der Waals surface area contributed by atoms with Crippen LogP contribution in [0, 0.1) is 0 Å². The van der Waals surface area contributed by atoms with E-state index in [0.717, 1.165) is 0 Å². The lowest BCUT2D eigenvalue weighted by atomic mass is 10.1. The topological polar surface area (TPSA) is 55.1 Å². The summed E-state index contributed by atoms with van der Waals surface area (Å²) < 4.78 is 39.8. The van der Waals surface area contributed by atoms with Gasteiger partial charge in [0, 0.05) is 14.1 Å². The van der Waals surface area contributed by atoms with E-state index in [1.807, 2.05) is 0 Å². The van der Waals surface area contributed by atoms with Crippen molar-refractivity contribution in [2.75, 3.05) is 25.6 Å². The van der Waals surface area contributed by atoms with Crippen molar-refractivity contribution in [3.05, 3.63) is 24.3 Å². The highest BCUT2D eigenvalue weighted by Crippen LogP contribution is 2.47. The molecule has 7 heteroatoms. The van der Waals surface area contributed by atoms with Gasteiger partial charge in [-0.1, -0.05) is 12.1 Å². The van der Waals surface area contributed by atoms with Crippen LogP contribution in [0.5, 0.6) is 17.4 Å². The first-order chi connectivity index (χ1) is 10.4. The molecule has 120 valence electrons. The van der Waals surface area contributed by atoms with Crippen LogP contribution in [-0.2, 0) is 0 Å². The van der Waals surface area contributed by atoms with Crippen LogP contribution in [0.1, 0.15) is 6.92 Å². The predicted molar refractivity (Wildman–Crippen MR) is 77.9 cm³/mol. The summed E-state index contributed by atoms with van der Waals surface area (Å²) in [6.45, 7) is -0.837. The monoisotopic (exact) mass is 313 g/mol. The van der Waals surface area contributed by atoms with Gasteiger partial charge in [0.05, 0.1) is 12.2 Å². The Labute approximate surface area is 126 Å². The SMILES string of the molecule is CCOc1oc(N(C)C)c(-c2cccc(OC(F)F)c2)c1O. The fourth-order valence-corrected chi connectivity index (χ4v) is 2.02. The Hall–Kier alpha value is -2.44. The number of furan rings is 1. The third-order valence-corrected chi connectivity index (χ3v) is 2.86. The smallest absolute Gasteiger partial charge is 0.387 e. The molecule has 0 aliphatic rings. The van der Waals surface area contributed by atoms with Gasteiger partial charge in [0.1, 0.15) is 5.75 Å². The third-order valence-electron chi connectivity index (χ3n) is 2.86. The van der Waals surface area contributed by atoms with Gasteiger partial charge >= 0.3 is 12.6 Å². The van der Waals surface area contributed by atoms with Crippen LogP contribution in [0.3, 0.4) is 0 Å². The van der Waals surface area contributed by atoms with Crippen LogP contribution >= 0.6 is 0 Å². The molecular weight excluding hydrogens is 296 g/mol. The summed E-state index contributed by atoms with van der Waals surface area (Å²) in [4.78, 5) is 1.65. The lowest BCUT2D eigenvalue weighted by Gasteiger charge is -2.11. The molecule has 0 fully saturated rings. The van der Waals surface area contributed by atoms with E-state index in [-0.39, 0.29) is 17.4 Å². The number of benzene rings is 1. The van der Waals surface area contributed by atoms with E-state index < -0.39 is 6.61 Å². The second-order valence-corrected chi connectivity index (χ2v) is 4.65. The molecule has 0 atom stereocenters. The maximum absolute atomic E-state index is 12.3. The van der Waals surface area contributed by atoms with Crippen molar-refractivity contribution < 1.29 is 27.8 Å². The largest absolute Gasteiger partial charge is 0.501 e. The highest BCUT2D eigenvalue weighted by molar-refractivity contribution is 5.83. The first-order valence-electron chi connectivity index (χ1n) is 6.65. The minimum atomic E-state index is -2.92. The highest BCUT2D eigenvalue weighted by atomic mass is 19.3. The number of ether oxygens (including phenoxy) is 2. The number of halogens is 2. The molecule has 1 aromatic carbocycles. The first-order valence-corrected chi connectivity index (χ1v) is 6.65. The van der Waals surface area contributed by atoms with Crippen molar-refractivity contribution in [3.8, 4) is 28.6 Å². The van der Waals surface area contributed by atoms with E-state index in [0.29, 0.717) is 23.6 Å². The number of hydrogen-bond donors (Lipinski definition) is 1. The molecule has 0 amide bonds. The van der Waals surface area contributed by atoms with Crippen molar-refractivity contribution in [3.63, 3.8) is 0 Å². The molecule has 2 rings (SSSR count). The van der Waals surface area contributed by atoms with E-state index in [2.05, 4.69) is 4.74 Å². The average Bonchev–Trinajstić information content (AvgIpc) is 2.76. The molecule has 1 aromatic heterocycles. The summed E-state index contributed by atoms with van der Waals surface area (Å²) in [5.41, 5.74) is 0.835. The van der Waals surface area contributed by atoms with Gasteiger partial charge in [0.25, 0.3) is 0 Å². The van der Waals surface area contributed by atoms with Gasteiger partial charge in [-0.2, -0.15) is 8.78 Å². The Morgan fingerprint density at radius 3 is 2.64 bits per heavy atom. The normalized spacial score (nSPS) is 10.8. The molecule has 0 spiro atoms. The van der Waals surface area contributed by atoms with E-state index in [9.17, 15) is 13.9 Å². The maximum atomic E-state index is 12.3. The molecule has 1 N–H and O–H groups in total. The van der Waals surface area contributed by atoms with Crippen molar-refractivity contribution >= 4 is 5.88 Å². The number of hydrogen-bond acceptors (Lipinski definition) is 5. The third kappa shape index (κ3) is 3.24. The van der Waals surface area contributed by atoms with Crippen LogP contribution in [0.25, 0.3) is 11.1 Å². The zero-order valence-corrected chi connectivity index (χ0v) is 12.5. The summed E-state index contributed by atoms with van der Waals surface area (Å²) in [5, 5.41) is 10.3. The molecule has 0 aliphatic heterocycles. The molecular formula is C15H17F2NO4. The van der Waals surface area contributed by atoms with E-state index in [1.54, 1.807) is 38.1 Å². The maximum Gasteiger partial charge on any atom is 0.387 e. The minimum Gasteiger partial charge on any atom is -0.501 e. The molecule has 1 heterocycles. The van der Waals surface area contributed by atoms with Crippen LogP contribution in [-0.4, -0.2) is 32.4 Å². The fraction of sp³-hybridized carbons (Fsp3) is 0.333. The quantitative estimate of drug-likeness (QED) is 0.881. The van der Waals surface area contributed by atoms with Crippen LogP contribution in [0.4, 0.5) is 14.7 Å². The Morgan fingerprint density at radius 1 is 1.32 bits per heavy atom. The van der Waals surface area contributed by atoms with Crippen LogP contribution in [0.15, 0.2) is 28.7 Å². The minimum absolute atomic E-state index is 0.00392. The van der Waals surface area contributed by atoms with E-state index in [1.165, 1.54) is 12.1 Å². The van der Waals surface area contributed by atoms with Gasteiger partial charge in [0.15, 0.2) is 0 Å². The zero-order valence-electron chi connectivity index (χ0n) is 12.5.